The number of hydrogen-bond donors (Lipinski definition) is 1. The van der Waals surface area contributed by atoms with Gasteiger partial charge in [-0.25, -0.2) is 0 Å². The van der Waals surface area contributed by atoms with Crippen molar-refractivity contribution in [2.45, 2.75) is 25.0 Å². The second-order valence-electron chi connectivity index (χ2n) is 10.9. The summed E-state index contributed by atoms with van der Waals surface area (Å²) < 4.78 is 13.0. The minimum Gasteiger partial charge on any atom is -0.493 e. The maximum Gasteiger partial charge on any atom is 0.174 e. The molecule has 1 aliphatic carbocycles. The van der Waals surface area contributed by atoms with E-state index in [2.05, 4.69) is 137 Å². The molecule has 5 heteroatoms. The highest BCUT2D eigenvalue weighted by atomic mass is 127. The molecule has 0 saturated heterocycles. The topological polar surface area (TPSA) is 42.8 Å². The van der Waals surface area contributed by atoms with E-state index in [1.807, 2.05) is 12.3 Å². The normalized spacial score (nSPS) is 19.0. The lowest BCUT2D eigenvalue weighted by Crippen LogP contribution is -2.28. The molecule has 7 rings (SSSR count). The van der Waals surface area contributed by atoms with Gasteiger partial charge in [-0.15, -0.1) is 0 Å². The Kier molecular flexibility index (Phi) is 7.43. The molecule has 5 aromatic rings. The largest absolute Gasteiger partial charge is 0.493 e. The average molecular weight is 663 g/mol. The molecule has 0 bridgehead atoms. The molecule has 42 heavy (non-hydrogen) atoms. The highest BCUT2D eigenvalue weighted by Crippen LogP contribution is 2.49. The van der Waals surface area contributed by atoms with Crippen molar-refractivity contribution in [1.82, 2.24) is 0 Å². The standard InChI is InChI=1S/C37H31IN2O2/c1-41-35-21-24(20-33(38)37(35)42-23-27-10-6-9-25-8-2-3-11-29(25)27)22-39-28-18-16-26(17-19-28)36-32-14-7-13-30(32)31-12-4-5-15-34(31)40-36/h2-13,15-22,30,32,36,40H,14,23H2,1H3/t30-,32-,36+/m1/s1. The number of ether oxygens (including phenoxy) is 2. The zero-order chi connectivity index (χ0) is 28.5. The van der Waals surface area contributed by atoms with Gasteiger partial charge in [-0.05, 0) is 98.3 Å². The average Bonchev–Trinajstić information content (AvgIpc) is 3.53. The van der Waals surface area contributed by atoms with Crippen LogP contribution in [0.2, 0.25) is 0 Å². The molecule has 0 fully saturated rings. The second-order valence-corrected chi connectivity index (χ2v) is 12.0. The summed E-state index contributed by atoms with van der Waals surface area (Å²) in [5.74, 6) is 2.45. The fourth-order valence-electron chi connectivity index (χ4n) is 6.31. The molecular weight excluding hydrogens is 631 g/mol. The number of anilines is 1. The quantitative estimate of drug-likeness (QED) is 0.107. The van der Waals surface area contributed by atoms with E-state index < -0.39 is 0 Å². The zero-order valence-corrected chi connectivity index (χ0v) is 25.5. The Morgan fingerprint density at radius 2 is 1.74 bits per heavy atom. The number of fused-ring (bicyclic) bond motifs is 4. The molecule has 5 aromatic carbocycles. The Balaban J connectivity index is 1.07. The van der Waals surface area contributed by atoms with E-state index in [4.69, 9.17) is 14.5 Å². The number of nitrogens with one attached hydrogen (secondary N) is 1. The number of hydrogen-bond acceptors (Lipinski definition) is 4. The van der Waals surface area contributed by atoms with Gasteiger partial charge in [0, 0.05) is 17.8 Å². The van der Waals surface area contributed by atoms with Gasteiger partial charge in [0.25, 0.3) is 0 Å². The van der Waals surface area contributed by atoms with Gasteiger partial charge in [-0.3, -0.25) is 4.99 Å². The van der Waals surface area contributed by atoms with Gasteiger partial charge in [0.2, 0.25) is 0 Å². The van der Waals surface area contributed by atoms with E-state index in [0.29, 0.717) is 24.2 Å². The first kappa shape index (κ1) is 26.8. The molecule has 3 atom stereocenters. The maximum atomic E-state index is 6.31. The lowest BCUT2D eigenvalue weighted by atomic mass is 9.77. The molecule has 4 nitrogen and oxygen atoms in total. The molecule has 0 amide bonds. The number of halogens is 1. The lowest BCUT2D eigenvalue weighted by Gasteiger charge is -2.37. The fraction of sp³-hybridized carbons (Fsp3) is 0.162. The first-order valence-electron chi connectivity index (χ1n) is 14.3. The summed E-state index contributed by atoms with van der Waals surface area (Å²) in [5.41, 5.74) is 6.97. The van der Waals surface area contributed by atoms with Gasteiger partial charge in [-0.2, -0.15) is 0 Å². The highest BCUT2D eigenvalue weighted by molar-refractivity contribution is 14.1. The Hall–Kier alpha value is -4.10. The Bertz CT molecular complexity index is 1810. The number of methoxy groups -OCH3 is 1. The molecule has 0 saturated carbocycles. The van der Waals surface area contributed by atoms with E-state index >= 15 is 0 Å². The van der Waals surface area contributed by atoms with Gasteiger partial charge in [0.05, 0.1) is 22.4 Å². The van der Waals surface area contributed by atoms with E-state index in [-0.39, 0.29) is 6.04 Å². The molecule has 1 heterocycles. The van der Waals surface area contributed by atoms with Crippen LogP contribution in [-0.2, 0) is 6.61 Å². The van der Waals surface area contributed by atoms with Crippen molar-refractivity contribution in [2.75, 3.05) is 12.4 Å². The summed E-state index contributed by atoms with van der Waals surface area (Å²) in [6.45, 7) is 0.465. The minimum absolute atomic E-state index is 0.283. The zero-order valence-electron chi connectivity index (χ0n) is 23.3. The summed E-state index contributed by atoms with van der Waals surface area (Å²) in [6.07, 6.45) is 7.70. The Morgan fingerprint density at radius 1 is 0.929 bits per heavy atom. The van der Waals surface area contributed by atoms with Gasteiger partial charge in [-0.1, -0.05) is 84.9 Å². The van der Waals surface area contributed by atoms with Crippen LogP contribution in [0.25, 0.3) is 10.8 Å². The summed E-state index contributed by atoms with van der Waals surface area (Å²) >= 11 is 2.31. The SMILES string of the molecule is COc1cc(C=Nc2ccc([C@@H]3Nc4ccccc4[C@H]4C=CC[C@H]43)cc2)cc(I)c1OCc1cccc2ccccc12. The van der Waals surface area contributed by atoms with Crippen LogP contribution < -0.4 is 14.8 Å². The van der Waals surface area contributed by atoms with Crippen molar-refractivity contribution < 1.29 is 9.47 Å². The third-order valence-corrected chi connectivity index (χ3v) is 9.19. The summed E-state index contributed by atoms with van der Waals surface area (Å²) in [4.78, 5) is 4.78. The first-order valence-corrected chi connectivity index (χ1v) is 15.4. The Labute approximate surface area is 260 Å². The van der Waals surface area contributed by atoms with Crippen molar-refractivity contribution in [1.29, 1.82) is 0 Å². The third kappa shape index (κ3) is 5.18. The van der Waals surface area contributed by atoms with Gasteiger partial charge >= 0.3 is 0 Å². The van der Waals surface area contributed by atoms with Crippen LogP contribution in [0, 0.1) is 9.49 Å². The number of aliphatic imine (C=N–C) groups is 1. The Morgan fingerprint density at radius 3 is 2.62 bits per heavy atom. The molecule has 0 spiro atoms. The van der Waals surface area contributed by atoms with Crippen LogP contribution in [-0.4, -0.2) is 13.3 Å². The van der Waals surface area contributed by atoms with Gasteiger partial charge < -0.3 is 14.8 Å². The van der Waals surface area contributed by atoms with Crippen molar-refractivity contribution >= 4 is 51.0 Å². The van der Waals surface area contributed by atoms with E-state index in [1.54, 1.807) is 7.11 Å². The molecule has 0 aromatic heterocycles. The molecule has 2 aliphatic rings. The van der Waals surface area contributed by atoms with Crippen LogP contribution in [0.3, 0.4) is 0 Å². The van der Waals surface area contributed by atoms with Crippen molar-refractivity contribution in [3.8, 4) is 11.5 Å². The molecule has 1 N–H and O–H groups in total. The van der Waals surface area contributed by atoms with Crippen LogP contribution in [0.5, 0.6) is 11.5 Å². The van der Waals surface area contributed by atoms with E-state index in [1.165, 1.54) is 27.6 Å². The van der Waals surface area contributed by atoms with Crippen LogP contribution in [0.4, 0.5) is 11.4 Å². The molecular formula is C37H31IN2O2. The van der Waals surface area contributed by atoms with Crippen molar-refractivity contribution in [3.05, 3.63) is 141 Å². The van der Waals surface area contributed by atoms with Gasteiger partial charge in [0.15, 0.2) is 11.5 Å². The van der Waals surface area contributed by atoms with E-state index in [0.717, 1.165) is 32.6 Å². The number of allylic oxidation sites excluding steroid dienone is 2. The predicted molar refractivity (Wildman–Crippen MR) is 180 cm³/mol. The number of nitrogens with zero attached hydrogens (tertiary/aromatic N) is 1. The van der Waals surface area contributed by atoms with Crippen molar-refractivity contribution in [3.63, 3.8) is 0 Å². The smallest absolute Gasteiger partial charge is 0.174 e. The summed E-state index contributed by atoms with van der Waals surface area (Å²) in [6, 6.07) is 36.4. The molecule has 1 aliphatic heterocycles. The number of para-hydroxylation sites is 1. The van der Waals surface area contributed by atoms with Gasteiger partial charge in [0.1, 0.15) is 6.61 Å². The molecule has 0 unspecified atom stereocenters. The van der Waals surface area contributed by atoms with Crippen LogP contribution >= 0.6 is 22.6 Å². The lowest BCUT2D eigenvalue weighted by molar-refractivity contribution is 0.283. The van der Waals surface area contributed by atoms with E-state index in [9.17, 15) is 0 Å². The highest BCUT2D eigenvalue weighted by Gasteiger charge is 2.37. The van der Waals surface area contributed by atoms with Crippen LogP contribution in [0.15, 0.2) is 120 Å². The minimum atomic E-state index is 0.283. The number of benzene rings is 5. The fourth-order valence-corrected chi connectivity index (χ4v) is 7.09. The number of rotatable bonds is 7. The molecule has 208 valence electrons. The predicted octanol–water partition coefficient (Wildman–Crippen LogP) is 9.61. The monoisotopic (exact) mass is 662 g/mol. The molecule has 0 radical (unpaired) electrons. The second kappa shape index (κ2) is 11.6. The third-order valence-electron chi connectivity index (χ3n) is 8.39. The summed E-state index contributed by atoms with van der Waals surface area (Å²) in [5, 5.41) is 6.22. The summed E-state index contributed by atoms with van der Waals surface area (Å²) in [7, 11) is 1.68. The van der Waals surface area contributed by atoms with Crippen LogP contribution in [0.1, 0.15) is 40.6 Å². The maximum absolute atomic E-state index is 6.31. The van der Waals surface area contributed by atoms with Crippen molar-refractivity contribution in [2.24, 2.45) is 10.9 Å². The first-order chi connectivity index (χ1) is 20.7.